The number of hydrogen-bond donors (Lipinski definition) is 2. The molecule has 0 heterocycles. The van der Waals surface area contributed by atoms with Crippen LogP contribution >= 0.6 is 0 Å². The van der Waals surface area contributed by atoms with Crippen LogP contribution in [0.4, 0.5) is 0 Å². The van der Waals surface area contributed by atoms with Crippen LogP contribution in [-0.2, 0) is 11.3 Å². The Labute approximate surface area is 208 Å². The van der Waals surface area contributed by atoms with Gasteiger partial charge in [0.25, 0.3) is 0 Å². The third-order valence-corrected chi connectivity index (χ3v) is 6.34. The lowest BCUT2D eigenvalue weighted by molar-refractivity contribution is 0.116. The van der Waals surface area contributed by atoms with Gasteiger partial charge in [-0.15, -0.1) is 0 Å². The Bertz CT molecular complexity index is 519. The standard InChI is InChI=1S/C28H54N4O.2H2/c1-29-19-11-13-21-31(3)24-28(25-32(4)22-14-12-20-30-2)18-8-5-6-15-23-33-26-27-16-9-7-10-17-27;;/h7,9-10,16-17,28-30H,5-6,8,11-15,18-26H2,1-4H3;2*1H. The molecule has 1 rings (SSSR count). The lowest BCUT2D eigenvalue weighted by Gasteiger charge is -2.28. The molecule has 1 aromatic carbocycles. The summed E-state index contributed by atoms with van der Waals surface area (Å²) >= 11 is 0. The third-order valence-electron chi connectivity index (χ3n) is 6.34. The van der Waals surface area contributed by atoms with Crippen molar-refractivity contribution in [2.75, 3.05) is 74.1 Å². The van der Waals surface area contributed by atoms with Crippen molar-refractivity contribution in [1.82, 2.24) is 20.4 Å². The number of nitrogens with one attached hydrogen (secondary N) is 2. The summed E-state index contributed by atoms with van der Waals surface area (Å²) in [5, 5.41) is 6.52. The molecule has 196 valence electrons. The van der Waals surface area contributed by atoms with Crippen molar-refractivity contribution in [2.24, 2.45) is 5.92 Å². The van der Waals surface area contributed by atoms with Gasteiger partial charge in [0.15, 0.2) is 0 Å². The second-order valence-corrected chi connectivity index (χ2v) is 9.75. The molecule has 33 heavy (non-hydrogen) atoms. The van der Waals surface area contributed by atoms with Gasteiger partial charge in [0, 0.05) is 22.5 Å². The summed E-state index contributed by atoms with van der Waals surface area (Å²) in [6, 6.07) is 10.5. The van der Waals surface area contributed by atoms with Gasteiger partial charge in [0.05, 0.1) is 6.61 Å². The smallest absolute Gasteiger partial charge is 0.0716 e. The maximum Gasteiger partial charge on any atom is 0.0716 e. The van der Waals surface area contributed by atoms with E-state index < -0.39 is 0 Å². The highest BCUT2D eigenvalue weighted by Crippen LogP contribution is 2.15. The number of ether oxygens (including phenoxy) is 1. The molecule has 5 heteroatoms. The highest BCUT2D eigenvalue weighted by Gasteiger charge is 2.14. The van der Waals surface area contributed by atoms with E-state index in [2.05, 4.69) is 64.9 Å². The fourth-order valence-corrected chi connectivity index (χ4v) is 4.43. The van der Waals surface area contributed by atoms with Crippen LogP contribution in [0.3, 0.4) is 0 Å². The van der Waals surface area contributed by atoms with Gasteiger partial charge in [-0.2, -0.15) is 0 Å². The molecule has 0 bridgehead atoms. The predicted octanol–water partition coefficient (Wildman–Crippen LogP) is 5.12. The normalized spacial score (nSPS) is 11.8. The number of nitrogens with zero attached hydrogens (tertiary/aromatic N) is 2. The molecular weight excluding hydrogens is 408 g/mol. The Balaban J connectivity index is 0. The van der Waals surface area contributed by atoms with E-state index in [-0.39, 0.29) is 2.85 Å². The van der Waals surface area contributed by atoms with Gasteiger partial charge in [-0.3, -0.25) is 0 Å². The van der Waals surface area contributed by atoms with Crippen molar-refractivity contribution in [1.29, 1.82) is 0 Å². The van der Waals surface area contributed by atoms with Gasteiger partial charge in [-0.25, -0.2) is 0 Å². The van der Waals surface area contributed by atoms with Gasteiger partial charge in [0.1, 0.15) is 0 Å². The summed E-state index contributed by atoms with van der Waals surface area (Å²) in [6.45, 7) is 8.74. The van der Waals surface area contributed by atoms with E-state index in [4.69, 9.17) is 4.74 Å². The average Bonchev–Trinajstić information content (AvgIpc) is 2.82. The zero-order valence-corrected chi connectivity index (χ0v) is 22.3. The average molecular weight is 467 g/mol. The first-order chi connectivity index (χ1) is 16.2. The van der Waals surface area contributed by atoms with E-state index in [9.17, 15) is 0 Å². The van der Waals surface area contributed by atoms with Crippen LogP contribution in [0.25, 0.3) is 0 Å². The Morgan fingerprint density at radius 2 is 1.33 bits per heavy atom. The van der Waals surface area contributed by atoms with E-state index in [1.54, 1.807) is 0 Å². The zero-order chi connectivity index (χ0) is 24.0. The van der Waals surface area contributed by atoms with Crippen LogP contribution in [0.5, 0.6) is 0 Å². The van der Waals surface area contributed by atoms with Crippen molar-refractivity contribution in [3.63, 3.8) is 0 Å². The van der Waals surface area contributed by atoms with Crippen molar-refractivity contribution in [3.8, 4) is 0 Å². The molecule has 0 aromatic heterocycles. The van der Waals surface area contributed by atoms with Crippen LogP contribution in [0.15, 0.2) is 30.3 Å². The molecule has 0 aliphatic rings. The molecule has 0 aliphatic carbocycles. The van der Waals surface area contributed by atoms with Crippen LogP contribution in [0.1, 0.15) is 66.2 Å². The van der Waals surface area contributed by atoms with E-state index in [1.807, 2.05) is 14.1 Å². The maximum absolute atomic E-state index is 5.84. The Kier molecular flexibility index (Phi) is 19.6. The molecule has 0 spiro atoms. The highest BCUT2D eigenvalue weighted by molar-refractivity contribution is 5.13. The second kappa shape index (κ2) is 21.5. The van der Waals surface area contributed by atoms with Crippen molar-refractivity contribution < 1.29 is 7.59 Å². The number of hydrogen-bond acceptors (Lipinski definition) is 5. The monoisotopic (exact) mass is 466 g/mol. The van der Waals surface area contributed by atoms with Gasteiger partial charge in [0.2, 0.25) is 0 Å². The minimum atomic E-state index is 0. The van der Waals surface area contributed by atoms with E-state index in [0.717, 1.165) is 32.2 Å². The number of rotatable bonds is 23. The quantitative estimate of drug-likeness (QED) is 0.219. The van der Waals surface area contributed by atoms with Crippen LogP contribution in [0, 0.1) is 5.92 Å². The molecule has 0 saturated heterocycles. The second-order valence-electron chi connectivity index (χ2n) is 9.75. The largest absolute Gasteiger partial charge is 0.377 e. The summed E-state index contributed by atoms with van der Waals surface area (Å²) < 4.78 is 5.84. The van der Waals surface area contributed by atoms with Crippen molar-refractivity contribution >= 4 is 0 Å². The lowest BCUT2D eigenvalue weighted by atomic mass is 9.99. The Morgan fingerprint density at radius 1 is 0.758 bits per heavy atom. The Hall–Kier alpha value is -0.980. The van der Waals surface area contributed by atoms with Gasteiger partial charge in [-0.1, -0.05) is 49.6 Å². The molecule has 0 atom stereocenters. The first kappa shape index (κ1) is 30.1. The van der Waals surface area contributed by atoms with E-state index in [1.165, 1.54) is 89.5 Å². The summed E-state index contributed by atoms with van der Waals surface area (Å²) in [5.74, 6) is 0.767. The van der Waals surface area contributed by atoms with Crippen LogP contribution in [0.2, 0.25) is 0 Å². The molecule has 0 fully saturated rings. The van der Waals surface area contributed by atoms with Crippen LogP contribution in [-0.4, -0.2) is 83.9 Å². The predicted molar refractivity (Wildman–Crippen MR) is 148 cm³/mol. The summed E-state index contributed by atoms with van der Waals surface area (Å²) in [7, 11) is 8.70. The maximum atomic E-state index is 5.84. The van der Waals surface area contributed by atoms with Crippen molar-refractivity contribution in [2.45, 2.75) is 64.4 Å². The minimum Gasteiger partial charge on any atom is -0.377 e. The lowest BCUT2D eigenvalue weighted by Crippen LogP contribution is -2.35. The van der Waals surface area contributed by atoms with Crippen LogP contribution < -0.4 is 10.6 Å². The topological polar surface area (TPSA) is 39.8 Å². The molecule has 0 aliphatic heterocycles. The fourth-order valence-electron chi connectivity index (χ4n) is 4.43. The zero-order valence-electron chi connectivity index (χ0n) is 22.3. The van der Waals surface area contributed by atoms with Crippen molar-refractivity contribution in [3.05, 3.63) is 35.9 Å². The SMILES string of the molecule is CNCCCCN(C)CC(CCCCCCOCc1ccccc1)CN(C)CCCCNC.[HH].[HH]. The first-order valence-corrected chi connectivity index (χ1v) is 13.4. The van der Waals surface area contributed by atoms with Gasteiger partial charge >= 0.3 is 0 Å². The first-order valence-electron chi connectivity index (χ1n) is 13.4. The van der Waals surface area contributed by atoms with E-state index >= 15 is 0 Å². The van der Waals surface area contributed by atoms with Gasteiger partial charge < -0.3 is 25.2 Å². The highest BCUT2D eigenvalue weighted by atomic mass is 16.5. The van der Waals surface area contributed by atoms with Gasteiger partial charge in [-0.05, 0) is 104 Å². The third kappa shape index (κ3) is 18.1. The summed E-state index contributed by atoms with van der Waals surface area (Å²) in [6.07, 6.45) is 11.6. The molecule has 5 nitrogen and oxygen atoms in total. The Morgan fingerprint density at radius 3 is 1.91 bits per heavy atom. The van der Waals surface area contributed by atoms with E-state index in [0.29, 0.717) is 0 Å². The molecule has 0 radical (unpaired) electrons. The molecule has 0 amide bonds. The minimum absolute atomic E-state index is 0. The number of unbranched alkanes of at least 4 members (excludes halogenated alkanes) is 5. The summed E-state index contributed by atoms with van der Waals surface area (Å²) in [4.78, 5) is 5.12. The molecule has 2 N–H and O–H groups in total. The molecule has 1 aromatic rings. The fraction of sp³-hybridized carbons (Fsp3) is 0.786. The summed E-state index contributed by atoms with van der Waals surface area (Å²) in [5.41, 5.74) is 1.27. The molecule has 0 saturated carbocycles. The molecule has 0 unspecified atom stereocenters. The molecular formula is C28H58N4O. The number of benzene rings is 1.